The number of nitro groups is 1. The molecule has 1 aliphatic rings. The number of nitrogens with zero attached hydrogens (tertiary/aromatic N) is 3. The number of rotatable bonds is 5. The molecule has 1 saturated heterocycles. The van der Waals surface area contributed by atoms with Crippen molar-refractivity contribution in [2.24, 2.45) is 5.14 Å². The average Bonchev–Trinajstić information content (AvgIpc) is 3.07. The fourth-order valence-electron chi connectivity index (χ4n) is 2.86. The van der Waals surface area contributed by atoms with Crippen LogP contribution in [-0.4, -0.2) is 44.4 Å². The zero-order valence-electron chi connectivity index (χ0n) is 13.4. The number of nitrogens with two attached hydrogens (primary N) is 1. The van der Waals surface area contributed by atoms with E-state index in [1.165, 1.54) is 12.1 Å². The van der Waals surface area contributed by atoms with E-state index < -0.39 is 14.9 Å². The molecule has 1 fully saturated rings. The second-order valence-electron chi connectivity index (χ2n) is 5.80. The largest absolute Gasteiger partial charge is 0.468 e. The van der Waals surface area contributed by atoms with Gasteiger partial charge in [-0.15, -0.1) is 0 Å². The van der Waals surface area contributed by atoms with E-state index in [0.717, 1.165) is 24.9 Å². The summed E-state index contributed by atoms with van der Waals surface area (Å²) in [6, 6.07) is 7.50. The number of primary sulfonamides is 1. The van der Waals surface area contributed by atoms with Crippen LogP contribution in [0.3, 0.4) is 0 Å². The van der Waals surface area contributed by atoms with Gasteiger partial charge in [0.2, 0.25) is 10.0 Å². The second kappa shape index (κ2) is 6.82. The lowest BCUT2D eigenvalue weighted by Crippen LogP contribution is -2.46. The third kappa shape index (κ3) is 3.98. The fraction of sp³-hybridized carbons (Fsp3) is 0.333. The minimum atomic E-state index is -3.99. The van der Waals surface area contributed by atoms with E-state index in [0.29, 0.717) is 25.3 Å². The Morgan fingerprint density at radius 1 is 1.20 bits per heavy atom. The Hall–Kier alpha value is -2.43. The number of hydrogen-bond acceptors (Lipinski definition) is 7. The smallest absolute Gasteiger partial charge is 0.293 e. The molecule has 0 saturated carbocycles. The van der Waals surface area contributed by atoms with Crippen LogP contribution in [0.4, 0.5) is 11.4 Å². The Kier molecular flexibility index (Phi) is 4.75. The molecule has 3 rings (SSSR count). The van der Waals surface area contributed by atoms with Gasteiger partial charge >= 0.3 is 0 Å². The molecule has 0 amide bonds. The molecular formula is C15H18N4O5S. The third-order valence-electron chi connectivity index (χ3n) is 4.14. The number of piperazine rings is 1. The van der Waals surface area contributed by atoms with Gasteiger partial charge in [-0.3, -0.25) is 15.0 Å². The highest BCUT2D eigenvalue weighted by Gasteiger charge is 2.26. The summed E-state index contributed by atoms with van der Waals surface area (Å²) in [5.41, 5.74) is 0.140. The summed E-state index contributed by atoms with van der Waals surface area (Å²) in [6.45, 7) is 3.31. The van der Waals surface area contributed by atoms with Crippen LogP contribution in [0.15, 0.2) is 45.9 Å². The number of hydrogen-bond donors (Lipinski definition) is 1. The lowest BCUT2D eigenvalue weighted by molar-refractivity contribution is -0.384. The van der Waals surface area contributed by atoms with Crippen LogP contribution in [-0.2, 0) is 16.6 Å². The first-order valence-corrected chi connectivity index (χ1v) is 9.20. The van der Waals surface area contributed by atoms with Gasteiger partial charge in [-0.05, 0) is 24.3 Å². The van der Waals surface area contributed by atoms with Crippen molar-refractivity contribution in [2.75, 3.05) is 31.1 Å². The molecule has 0 spiro atoms. The van der Waals surface area contributed by atoms with Crippen molar-refractivity contribution in [3.05, 3.63) is 52.5 Å². The topological polar surface area (TPSA) is 123 Å². The van der Waals surface area contributed by atoms with Crippen LogP contribution in [0.1, 0.15) is 5.76 Å². The zero-order valence-corrected chi connectivity index (χ0v) is 14.2. The summed E-state index contributed by atoms with van der Waals surface area (Å²) in [5.74, 6) is 0.872. The monoisotopic (exact) mass is 366 g/mol. The van der Waals surface area contributed by atoms with Crippen molar-refractivity contribution in [3.8, 4) is 0 Å². The van der Waals surface area contributed by atoms with Gasteiger partial charge in [0.15, 0.2) is 0 Å². The van der Waals surface area contributed by atoms with Gasteiger partial charge in [-0.25, -0.2) is 13.6 Å². The minimum Gasteiger partial charge on any atom is -0.468 e. The molecule has 1 aliphatic heterocycles. The molecule has 1 aromatic carbocycles. The van der Waals surface area contributed by atoms with Crippen LogP contribution in [0, 0.1) is 10.1 Å². The molecule has 0 aliphatic carbocycles. The van der Waals surface area contributed by atoms with Crippen molar-refractivity contribution in [1.82, 2.24) is 4.90 Å². The first-order valence-electron chi connectivity index (χ1n) is 7.65. The Balaban J connectivity index is 1.75. The van der Waals surface area contributed by atoms with Gasteiger partial charge in [0, 0.05) is 32.2 Å². The van der Waals surface area contributed by atoms with Gasteiger partial charge < -0.3 is 9.32 Å². The van der Waals surface area contributed by atoms with E-state index in [4.69, 9.17) is 9.56 Å². The summed E-state index contributed by atoms with van der Waals surface area (Å²) in [4.78, 5) is 14.6. The summed E-state index contributed by atoms with van der Waals surface area (Å²) in [6.07, 6.45) is 1.63. The highest BCUT2D eigenvalue weighted by atomic mass is 32.2. The van der Waals surface area contributed by atoms with E-state index in [1.54, 1.807) is 6.26 Å². The van der Waals surface area contributed by atoms with E-state index in [2.05, 4.69) is 4.90 Å². The predicted molar refractivity (Wildman–Crippen MR) is 90.7 cm³/mol. The first-order chi connectivity index (χ1) is 11.8. The number of furan rings is 1. The highest BCUT2D eigenvalue weighted by molar-refractivity contribution is 7.89. The number of anilines is 1. The van der Waals surface area contributed by atoms with Crippen molar-refractivity contribution in [1.29, 1.82) is 0 Å². The van der Waals surface area contributed by atoms with E-state index in [-0.39, 0.29) is 10.6 Å². The maximum Gasteiger partial charge on any atom is 0.293 e. The molecule has 2 heterocycles. The van der Waals surface area contributed by atoms with Crippen LogP contribution >= 0.6 is 0 Å². The molecular weight excluding hydrogens is 348 g/mol. The number of benzene rings is 1. The van der Waals surface area contributed by atoms with Crippen molar-refractivity contribution in [2.45, 2.75) is 11.4 Å². The summed E-state index contributed by atoms with van der Waals surface area (Å²) < 4.78 is 28.2. The number of nitro benzene ring substituents is 1. The molecule has 0 bridgehead atoms. The van der Waals surface area contributed by atoms with Crippen LogP contribution in [0.2, 0.25) is 0 Å². The molecule has 2 aromatic rings. The summed E-state index contributed by atoms with van der Waals surface area (Å²) in [7, 11) is -3.99. The average molecular weight is 366 g/mol. The van der Waals surface area contributed by atoms with E-state index >= 15 is 0 Å². The molecule has 134 valence electrons. The van der Waals surface area contributed by atoms with Crippen LogP contribution in [0.25, 0.3) is 0 Å². The SMILES string of the molecule is NS(=O)(=O)c1ccc(N2CCN(Cc3ccco3)CC2)c([N+](=O)[O-])c1. The van der Waals surface area contributed by atoms with Gasteiger partial charge in [0.25, 0.3) is 5.69 Å². The van der Waals surface area contributed by atoms with Crippen molar-refractivity contribution >= 4 is 21.4 Å². The van der Waals surface area contributed by atoms with Crippen molar-refractivity contribution < 1.29 is 17.8 Å². The standard InChI is InChI=1S/C15H18N4O5S/c16-25(22,23)13-3-4-14(15(10-13)19(20)21)18-7-5-17(6-8-18)11-12-2-1-9-24-12/h1-4,9-10H,5-8,11H2,(H2,16,22,23). The molecule has 0 atom stereocenters. The van der Waals surface area contributed by atoms with E-state index in [1.807, 2.05) is 17.0 Å². The normalized spacial score (nSPS) is 16.1. The molecule has 1 aromatic heterocycles. The first kappa shape index (κ1) is 17.4. The van der Waals surface area contributed by atoms with Crippen LogP contribution < -0.4 is 10.0 Å². The Bertz CT molecular complexity index is 858. The molecule has 0 radical (unpaired) electrons. The minimum absolute atomic E-state index is 0.258. The molecule has 0 unspecified atom stereocenters. The third-order valence-corrected chi connectivity index (χ3v) is 5.06. The molecule has 10 heteroatoms. The molecule has 9 nitrogen and oxygen atoms in total. The van der Waals surface area contributed by atoms with E-state index in [9.17, 15) is 18.5 Å². The zero-order chi connectivity index (χ0) is 18.0. The van der Waals surface area contributed by atoms with Gasteiger partial charge in [0.1, 0.15) is 11.4 Å². The summed E-state index contributed by atoms with van der Waals surface area (Å²) >= 11 is 0. The fourth-order valence-corrected chi connectivity index (χ4v) is 3.40. The Morgan fingerprint density at radius 2 is 1.92 bits per heavy atom. The maximum atomic E-state index is 11.4. The Labute approximate surface area is 144 Å². The van der Waals surface area contributed by atoms with Crippen LogP contribution in [0.5, 0.6) is 0 Å². The maximum absolute atomic E-state index is 11.4. The lowest BCUT2D eigenvalue weighted by atomic mass is 10.2. The van der Waals surface area contributed by atoms with Gasteiger partial charge in [-0.1, -0.05) is 0 Å². The quantitative estimate of drug-likeness (QED) is 0.622. The predicted octanol–water partition coefficient (Wildman–Crippen LogP) is 1.16. The molecule has 25 heavy (non-hydrogen) atoms. The lowest BCUT2D eigenvalue weighted by Gasteiger charge is -2.35. The van der Waals surface area contributed by atoms with Crippen molar-refractivity contribution in [3.63, 3.8) is 0 Å². The summed E-state index contributed by atoms with van der Waals surface area (Å²) in [5, 5.41) is 16.4. The Morgan fingerprint density at radius 3 is 2.48 bits per heavy atom. The second-order valence-corrected chi connectivity index (χ2v) is 7.36. The highest BCUT2D eigenvalue weighted by Crippen LogP contribution is 2.31. The van der Waals surface area contributed by atoms with Gasteiger partial charge in [-0.2, -0.15) is 0 Å². The van der Waals surface area contributed by atoms with Gasteiger partial charge in [0.05, 0.1) is 22.6 Å². The number of sulfonamides is 1. The molecule has 2 N–H and O–H groups in total.